The Morgan fingerprint density at radius 3 is 2.79 bits per heavy atom. The van der Waals surface area contributed by atoms with Crippen LogP contribution < -0.4 is 11.1 Å². The van der Waals surface area contributed by atoms with Crippen LogP contribution in [0.4, 0.5) is 0 Å². The number of ether oxygens (including phenoxy) is 1. The van der Waals surface area contributed by atoms with Gasteiger partial charge < -0.3 is 15.8 Å². The lowest BCUT2D eigenvalue weighted by Crippen LogP contribution is -2.26. The Morgan fingerprint density at radius 1 is 1.50 bits per heavy atom. The van der Waals surface area contributed by atoms with Crippen molar-refractivity contribution < 1.29 is 9.53 Å². The zero-order valence-corrected chi connectivity index (χ0v) is 9.21. The van der Waals surface area contributed by atoms with Gasteiger partial charge in [-0.2, -0.15) is 0 Å². The minimum atomic E-state index is 0.103. The molecule has 0 saturated carbocycles. The predicted octanol–water partition coefficient (Wildman–Crippen LogP) is 0.657. The molecule has 0 aromatic heterocycles. The summed E-state index contributed by atoms with van der Waals surface area (Å²) in [5.74, 6) is 0.103. The lowest BCUT2D eigenvalue weighted by atomic mass is 10.2. The molecule has 0 aromatic rings. The summed E-state index contributed by atoms with van der Waals surface area (Å²) in [4.78, 5) is 11.2. The maximum atomic E-state index is 11.2. The number of methoxy groups -OCH3 is 1. The molecule has 0 radical (unpaired) electrons. The van der Waals surface area contributed by atoms with E-state index in [0.29, 0.717) is 13.0 Å². The fraction of sp³-hybridized carbons (Fsp3) is 0.900. The lowest BCUT2D eigenvalue weighted by Gasteiger charge is -2.06. The van der Waals surface area contributed by atoms with Crippen LogP contribution in [0.25, 0.3) is 0 Å². The molecule has 1 atom stereocenters. The number of nitrogens with one attached hydrogen (secondary N) is 1. The summed E-state index contributed by atoms with van der Waals surface area (Å²) in [6.45, 7) is 3.35. The summed E-state index contributed by atoms with van der Waals surface area (Å²) in [7, 11) is 1.64. The zero-order chi connectivity index (χ0) is 10.8. The smallest absolute Gasteiger partial charge is 0.220 e. The number of hydrogen-bond acceptors (Lipinski definition) is 3. The predicted molar refractivity (Wildman–Crippen MR) is 57.0 cm³/mol. The highest BCUT2D eigenvalue weighted by Gasteiger charge is 2.00. The average Bonchev–Trinajstić information content (AvgIpc) is 2.13. The molecule has 84 valence electrons. The number of carbonyl (C=O) groups is 1. The van der Waals surface area contributed by atoms with Crippen molar-refractivity contribution in [3.8, 4) is 0 Å². The van der Waals surface area contributed by atoms with Crippen LogP contribution in [0.2, 0.25) is 0 Å². The minimum Gasteiger partial charge on any atom is -0.385 e. The van der Waals surface area contributed by atoms with Crippen molar-refractivity contribution in [2.24, 2.45) is 5.73 Å². The molecule has 0 aliphatic rings. The van der Waals surface area contributed by atoms with E-state index in [-0.39, 0.29) is 11.9 Å². The molecule has 0 spiro atoms. The Balaban J connectivity index is 3.18. The molecule has 3 N–H and O–H groups in total. The van der Waals surface area contributed by atoms with E-state index in [0.717, 1.165) is 25.8 Å². The van der Waals surface area contributed by atoms with Crippen LogP contribution in [0.1, 0.15) is 32.6 Å². The quantitative estimate of drug-likeness (QED) is 0.568. The Labute approximate surface area is 86.2 Å². The molecule has 0 aliphatic heterocycles. The number of hydrogen-bond donors (Lipinski definition) is 2. The van der Waals surface area contributed by atoms with Crippen LogP contribution >= 0.6 is 0 Å². The molecule has 0 aromatic carbocycles. The van der Waals surface area contributed by atoms with Gasteiger partial charge in [-0.15, -0.1) is 0 Å². The van der Waals surface area contributed by atoms with Gasteiger partial charge in [0.1, 0.15) is 0 Å². The second kappa shape index (κ2) is 8.97. The molecular formula is C10H22N2O2. The first-order valence-corrected chi connectivity index (χ1v) is 5.18. The number of amides is 1. The standard InChI is InChI=1S/C10H22N2O2/c1-9(11)5-3-7-12-10(13)6-4-8-14-2/h9H,3-8,11H2,1-2H3,(H,12,13). The van der Waals surface area contributed by atoms with Gasteiger partial charge in [-0.3, -0.25) is 4.79 Å². The lowest BCUT2D eigenvalue weighted by molar-refractivity contribution is -0.121. The van der Waals surface area contributed by atoms with Crippen LogP contribution in [0.5, 0.6) is 0 Å². The molecule has 0 rings (SSSR count). The topological polar surface area (TPSA) is 64.3 Å². The van der Waals surface area contributed by atoms with Crippen LogP contribution in [0.3, 0.4) is 0 Å². The summed E-state index contributed by atoms with van der Waals surface area (Å²) in [6.07, 6.45) is 3.24. The van der Waals surface area contributed by atoms with Gasteiger partial charge in [-0.05, 0) is 26.2 Å². The number of nitrogens with two attached hydrogens (primary N) is 1. The second-order valence-corrected chi connectivity index (χ2v) is 3.57. The molecule has 0 heterocycles. The molecule has 14 heavy (non-hydrogen) atoms. The van der Waals surface area contributed by atoms with Crippen molar-refractivity contribution in [1.82, 2.24) is 5.32 Å². The van der Waals surface area contributed by atoms with Gasteiger partial charge in [-0.25, -0.2) is 0 Å². The van der Waals surface area contributed by atoms with Gasteiger partial charge in [0.25, 0.3) is 0 Å². The molecule has 0 aliphatic carbocycles. The molecule has 0 fully saturated rings. The molecule has 0 bridgehead atoms. The second-order valence-electron chi connectivity index (χ2n) is 3.57. The molecule has 0 saturated heterocycles. The van der Waals surface area contributed by atoms with E-state index in [1.165, 1.54) is 0 Å². The monoisotopic (exact) mass is 202 g/mol. The average molecular weight is 202 g/mol. The summed E-state index contributed by atoms with van der Waals surface area (Å²) < 4.78 is 4.85. The van der Waals surface area contributed by atoms with Gasteiger partial charge >= 0.3 is 0 Å². The maximum absolute atomic E-state index is 11.2. The Morgan fingerprint density at radius 2 is 2.21 bits per heavy atom. The van der Waals surface area contributed by atoms with Gasteiger partial charge in [-0.1, -0.05) is 0 Å². The van der Waals surface area contributed by atoms with Gasteiger partial charge in [0.15, 0.2) is 0 Å². The van der Waals surface area contributed by atoms with Gasteiger partial charge in [0.05, 0.1) is 0 Å². The fourth-order valence-electron chi connectivity index (χ4n) is 1.12. The van der Waals surface area contributed by atoms with Crippen LogP contribution in [-0.2, 0) is 9.53 Å². The third-order valence-corrected chi connectivity index (χ3v) is 1.91. The third kappa shape index (κ3) is 9.48. The molecule has 4 nitrogen and oxygen atoms in total. The summed E-state index contributed by atoms with van der Waals surface area (Å²) >= 11 is 0. The van der Waals surface area contributed by atoms with Crippen molar-refractivity contribution >= 4 is 5.91 Å². The van der Waals surface area contributed by atoms with E-state index >= 15 is 0 Å². The highest BCUT2D eigenvalue weighted by molar-refractivity contribution is 5.75. The van der Waals surface area contributed by atoms with E-state index in [1.54, 1.807) is 7.11 Å². The van der Waals surface area contributed by atoms with Crippen molar-refractivity contribution in [2.45, 2.75) is 38.6 Å². The summed E-state index contributed by atoms with van der Waals surface area (Å²) in [6, 6.07) is 0.223. The zero-order valence-electron chi connectivity index (χ0n) is 9.21. The number of carbonyl (C=O) groups excluding carboxylic acids is 1. The summed E-state index contributed by atoms with van der Waals surface area (Å²) in [5, 5.41) is 2.85. The van der Waals surface area contributed by atoms with E-state index in [9.17, 15) is 4.79 Å². The SMILES string of the molecule is COCCCC(=O)NCCCC(C)N. The van der Waals surface area contributed by atoms with Crippen LogP contribution in [0.15, 0.2) is 0 Å². The third-order valence-electron chi connectivity index (χ3n) is 1.91. The molecule has 4 heteroatoms. The van der Waals surface area contributed by atoms with Crippen LogP contribution in [0, 0.1) is 0 Å². The Bertz CT molecular complexity index is 149. The molecular weight excluding hydrogens is 180 g/mol. The van der Waals surface area contributed by atoms with E-state index in [1.807, 2.05) is 6.92 Å². The minimum absolute atomic E-state index is 0.103. The van der Waals surface area contributed by atoms with Gasteiger partial charge in [0, 0.05) is 32.7 Å². The van der Waals surface area contributed by atoms with Crippen molar-refractivity contribution in [2.75, 3.05) is 20.3 Å². The van der Waals surface area contributed by atoms with Crippen LogP contribution in [-0.4, -0.2) is 32.2 Å². The maximum Gasteiger partial charge on any atom is 0.220 e. The van der Waals surface area contributed by atoms with E-state index in [4.69, 9.17) is 10.5 Å². The largest absolute Gasteiger partial charge is 0.385 e. The Hall–Kier alpha value is -0.610. The van der Waals surface area contributed by atoms with Gasteiger partial charge in [0.2, 0.25) is 5.91 Å². The first kappa shape index (κ1) is 13.4. The highest BCUT2D eigenvalue weighted by Crippen LogP contribution is 1.93. The van der Waals surface area contributed by atoms with Crippen molar-refractivity contribution in [3.05, 3.63) is 0 Å². The van der Waals surface area contributed by atoms with E-state index < -0.39 is 0 Å². The summed E-state index contributed by atoms with van der Waals surface area (Å²) in [5.41, 5.74) is 5.58. The normalized spacial score (nSPS) is 12.5. The molecule has 1 unspecified atom stereocenters. The Kier molecular flexibility index (Phi) is 8.57. The molecule has 1 amide bonds. The van der Waals surface area contributed by atoms with Crippen molar-refractivity contribution in [1.29, 1.82) is 0 Å². The van der Waals surface area contributed by atoms with E-state index in [2.05, 4.69) is 5.32 Å². The highest BCUT2D eigenvalue weighted by atomic mass is 16.5. The first-order chi connectivity index (χ1) is 6.66. The first-order valence-electron chi connectivity index (χ1n) is 5.18. The van der Waals surface area contributed by atoms with Crippen molar-refractivity contribution in [3.63, 3.8) is 0 Å². The fourth-order valence-corrected chi connectivity index (χ4v) is 1.12. The number of rotatable bonds is 8.